The molecule has 1 aliphatic rings. The van der Waals surface area contributed by atoms with Gasteiger partial charge >= 0.3 is 5.97 Å². The average molecular weight is 461 g/mol. The summed E-state index contributed by atoms with van der Waals surface area (Å²) in [5, 5.41) is 28.4. The number of aromatic amines is 1. The Hall–Kier alpha value is -3.70. The Balaban J connectivity index is 1.88. The van der Waals surface area contributed by atoms with Gasteiger partial charge in [0.15, 0.2) is 5.60 Å². The van der Waals surface area contributed by atoms with E-state index in [4.69, 9.17) is 4.74 Å². The molecule has 0 unspecified atom stereocenters. The van der Waals surface area contributed by atoms with Crippen LogP contribution in [0.1, 0.15) is 50.8 Å². The molecule has 174 valence electrons. The average Bonchev–Trinajstić information content (AvgIpc) is 3.48. The number of halogens is 1. The molecule has 7 nitrogen and oxygen atoms in total. The van der Waals surface area contributed by atoms with Gasteiger partial charge in [-0.15, -0.1) is 0 Å². The predicted molar refractivity (Wildman–Crippen MR) is 125 cm³/mol. The first-order valence-electron chi connectivity index (χ1n) is 11.2. The van der Waals surface area contributed by atoms with Crippen molar-refractivity contribution in [2.24, 2.45) is 0 Å². The van der Waals surface area contributed by atoms with Crippen molar-refractivity contribution in [3.8, 4) is 11.8 Å². The summed E-state index contributed by atoms with van der Waals surface area (Å²) < 4.78 is 21.7. The molecule has 0 bridgehead atoms. The van der Waals surface area contributed by atoms with Crippen LogP contribution in [0, 0.1) is 17.1 Å². The highest BCUT2D eigenvalue weighted by Gasteiger charge is 2.46. The molecule has 0 amide bonds. The molecule has 2 aromatic carbocycles. The third-order valence-corrected chi connectivity index (χ3v) is 6.91. The minimum Gasteiger partial charge on any atom is -0.479 e. The molecule has 3 heterocycles. The lowest BCUT2D eigenvalue weighted by atomic mass is 9.79. The van der Waals surface area contributed by atoms with E-state index in [0.29, 0.717) is 6.42 Å². The van der Waals surface area contributed by atoms with Gasteiger partial charge in [0, 0.05) is 39.9 Å². The Kier molecular flexibility index (Phi) is 4.99. The van der Waals surface area contributed by atoms with Crippen LogP contribution in [-0.4, -0.2) is 38.0 Å². The molecular formula is C26H25FN4O3. The second-order valence-corrected chi connectivity index (χ2v) is 9.87. The van der Waals surface area contributed by atoms with Crippen molar-refractivity contribution in [3.63, 3.8) is 0 Å². The largest absolute Gasteiger partial charge is 0.479 e. The quantitative estimate of drug-likeness (QED) is 0.427. The molecule has 0 aliphatic carbocycles. The number of nitrogens with zero attached hydrogens (tertiary/aromatic N) is 3. The van der Waals surface area contributed by atoms with E-state index in [-0.39, 0.29) is 24.8 Å². The SMILES string of the molecule is CC(C)(CC#N)c1c([C@@H]2CO[C@@](C)(C(=O)O)C2)c2cc3[nH]ncc3cc2n1-c1ccc(F)cc1. The number of aromatic nitrogens is 3. The lowest BCUT2D eigenvalue weighted by Gasteiger charge is -2.28. The summed E-state index contributed by atoms with van der Waals surface area (Å²) in [6.07, 6.45) is 2.30. The Labute approximate surface area is 195 Å². The first-order chi connectivity index (χ1) is 16.1. The molecule has 0 radical (unpaired) electrons. The summed E-state index contributed by atoms with van der Waals surface area (Å²) in [4.78, 5) is 11.9. The molecule has 0 saturated carbocycles. The van der Waals surface area contributed by atoms with Gasteiger partial charge in [-0.05, 0) is 55.3 Å². The van der Waals surface area contributed by atoms with Crippen LogP contribution in [0.3, 0.4) is 0 Å². The zero-order chi connectivity index (χ0) is 24.3. The number of aliphatic carboxylic acids is 1. The summed E-state index contributed by atoms with van der Waals surface area (Å²) in [5.41, 5.74) is 2.51. The van der Waals surface area contributed by atoms with E-state index in [0.717, 1.165) is 38.8 Å². The van der Waals surface area contributed by atoms with Crippen LogP contribution in [0.5, 0.6) is 0 Å². The minimum atomic E-state index is -1.29. The molecule has 1 saturated heterocycles. The molecule has 1 aliphatic heterocycles. The first kappa shape index (κ1) is 22.1. The van der Waals surface area contributed by atoms with E-state index in [2.05, 4.69) is 20.8 Å². The first-order valence-corrected chi connectivity index (χ1v) is 11.2. The van der Waals surface area contributed by atoms with E-state index in [1.807, 2.05) is 26.0 Å². The van der Waals surface area contributed by atoms with Crippen molar-refractivity contribution in [1.29, 1.82) is 5.26 Å². The standard InChI is InChI=1S/C26H25FN4O3/c1-25(2,8-9-28)23-22(16-12-26(3,24(32)33)34-14-16)19-11-20-15(13-29-30-20)10-21(19)31(23)18-6-4-17(27)5-7-18/h4-7,10-11,13,16H,8,12,14H2,1-3H3,(H,29,30)(H,32,33)/t16-,26+/m0/s1. The van der Waals surface area contributed by atoms with Gasteiger partial charge in [-0.3, -0.25) is 5.10 Å². The molecule has 2 atom stereocenters. The minimum absolute atomic E-state index is 0.196. The number of nitrogens with one attached hydrogen (secondary N) is 1. The lowest BCUT2D eigenvalue weighted by Crippen LogP contribution is -2.34. The Morgan fingerprint density at radius 2 is 2.12 bits per heavy atom. The van der Waals surface area contributed by atoms with Gasteiger partial charge in [0.2, 0.25) is 0 Å². The molecule has 5 rings (SSSR count). The molecule has 2 aromatic heterocycles. The van der Waals surface area contributed by atoms with Gasteiger partial charge in [-0.2, -0.15) is 10.4 Å². The molecule has 1 fully saturated rings. The number of H-pyrrole nitrogens is 1. The number of hydrogen-bond acceptors (Lipinski definition) is 4. The van der Waals surface area contributed by atoms with Gasteiger partial charge in [0.1, 0.15) is 5.82 Å². The van der Waals surface area contributed by atoms with Crippen molar-refractivity contribution in [2.75, 3.05) is 6.61 Å². The summed E-state index contributed by atoms with van der Waals surface area (Å²) >= 11 is 0. The summed E-state index contributed by atoms with van der Waals surface area (Å²) in [5.74, 6) is -1.53. The third-order valence-electron chi connectivity index (χ3n) is 6.91. The molecule has 8 heteroatoms. The number of carboxylic acid groups (broad SMARTS) is 1. The van der Waals surface area contributed by atoms with E-state index in [1.165, 1.54) is 12.1 Å². The van der Waals surface area contributed by atoms with Gasteiger partial charge in [0.25, 0.3) is 0 Å². The smallest absolute Gasteiger partial charge is 0.335 e. The van der Waals surface area contributed by atoms with Crippen LogP contribution in [-0.2, 0) is 14.9 Å². The van der Waals surface area contributed by atoms with E-state index < -0.39 is 17.0 Å². The van der Waals surface area contributed by atoms with Crippen molar-refractivity contribution in [3.05, 3.63) is 59.7 Å². The highest BCUT2D eigenvalue weighted by atomic mass is 19.1. The summed E-state index contributed by atoms with van der Waals surface area (Å²) in [7, 11) is 0. The summed E-state index contributed by atoms with van der Waals surface area (Å²) in [6.45, 7) is 5.87. The maximum Gasteiger partial charge on any atom is 0.335 e. The number of carboxylic acids is 1. The van der Waals surface area contributed by atoms with Gasteiger partial charge < -0.3 is 14.4 Å². The number of fused-ring (bicyclic) bond motifs is 2. The lowest BCUT2D eigenvalue weighted by molar-refractivity contribution is -0.157. The number of benzene rings is 2. The number of ether oxygens (including phenoxy) is 1. The van der Waals surface area contributed by atoms with Crippen LogP contribution < -0.4 is 0 Å². The monoisotopic (exact) mass is 460 g/mol. The molecular weight excluding hydrogens is 435 g/mol. The topological polar surface area (TPSA) is 104 Å². The van der Waals surface area contributed by atoms with Crippen LogP contribution in [0.2, 0.25) is 0 Å². The Morgan fingerprint density at radius 1 is 1.38 bits per heavy atom. The fourth-order valence-corrected chi connectivity index (χ4v) is 5.18. The van der Waals surface area contributed by atoms with Gasteiger partial charge in [-0.25, -0.2) is 9.18 Å². The van der Waals surface area contributed by atoms with Gasteiger partial charge in [-0.1, -0.05) is 13.8 Å². The van der Waals surface area contributed by atoms with E-state index >= 15 is 0 Å². The van der Waals surface area contributed by atoms with Crippen LogP contribution in [0.4, 0.5) is 4.39 Å². The van der Waals surface area contributed by atoms with E-state index in [1.54, 1.807) is 25.3 Å². The van der Waals surface area contributed by atoms with Crippen LogP contribution in [0.15, 0.2) is 42.6 Å². The maximum atomic E-state index is 13.8. The highest BCUT2D eigenvalue weighted by Crippen LogP contribution is 2.47. The number of carbonyl (C=O) groups is 1. The number of hydrogen-bond donors (Lipinski definition) is 2. The van der Waals surface area contributed by atoms with Crippen molar-refractivity contribution in [2.45, 2.75) is 50.5 Å². The molecule has 34 heavy (non-hydrogen) atoms. The predicted octanol–water partition coefficient (Wildman–Crippen LogP) is 5.18. The third kappa shape index (κ3) is 3.35. The second kappa shape index (κ2) is 7.67. The summed E-state index contributed by atoms with van der Waals surface area (Å²) in [6, 6.07) is 12.6. The van der Waals surface area contributed by atoms with Crippen LogP contribution in [0.25, 0.3) is 27.5 Å². The number of rotatable bonds is 5. The zero-order valence-corrected chi connectivity index (χ0v) is 19.2. The molecule has 4 aromatic rings. The second-order valence-electron chi connectivity index (χ2n) is 9.87. The Bertz CT molecular complexity index is 1460. The number of nitriles is 1. The Morgan fingerprint density at radius 3 is 2.76 bits per heavy atom. The van der Waals surface area contributed by atoms with Crippen molar-refractivity contribution < 1.29 is 19.0 Å². The highest BCUT2D eigenvalue weighted by molar-refractivity contribution is 5.99. The normalized spacial score (nSPS) is 20.7. The fraction of sp³-hybridized carbons (Fsp3) is 0.346. The molecule has 2 N–H and O–H groups in total. The van der Waals surface area contributed by atoms with Crippen molar-refractivity contribution in [1.82, 2.24) is 14.8 Å². The van der Waals surface area contributed by atoms with Crippen LogP contribution >= 0.6 is 0 Å². The zero-order valence-electron chi connectivity index (χ0n) is 19.2. The molecule has 0 spiro atoms. The maximum absolute atomic E-state index is 13.8. The fourth-order valence-electron chi connectivity index (χ4n) is 5.18. The van der Waals surface area contributed by atoms with Crippen molar-refractivity contribution >= 4 is 27.8 Å². The van der Waals surface area contributed by atoms with Gasteiger partial charge in [0.05, 0.1) is 29.9 Å². The van der Waals surface area contributed by atoms with E-state index in [9.17, 15) is 19.6 Å².